The Kier molecular flexibility index (Phi) is 4.55. The van der Waals surface area contributed by atoms with Crippen molar-refractivity contribution in [2.45, 2.75) is 25.3 Å². The van der Waals surface area contributed by atoms with Crippen LogP contribution in [0.2, 0.25) is 0 Å². The quantitative estimate of drug-likeness (QED) is 0.886. The maximum atomic E-state index is 13.8. The van der Waals surface area contributed by atoms with E-state index >= 15 is 0 Å². The van der Waals surface area contributed by atoms with E-state index in [-0.39, 0.29) is 11.6 Å². The lowest BCUT2D eigenvalue weighted by Crippen LogP contribution is -2.41. The number of rotatable bonds is 4. The van der Waals surface area contributed by atoms with Gasteiger partial charge in [0.1, 0.15) is 11.6 Å². The van der Waals surface area contributed by atoms with Crippen molar-refractivity contribution < 1.29 is 8.78 Å². The molecule has 0 radical (unpaired) electrons. The Morgan fingerprint density at radius 1 is 1.10 bits per heavy atom. The van der Waals surface area contributed by atoms with Gasteiger partial charge in [-0.3, -0.25) is 0 Å². The molecular weight excluding hydrogens is 324 g/mol. The molecule has 0 saturated heterocycles. The van der Waals surface area contributed by atoms with Crippen LogP contribution >= 0.6 is 15.9 Å². The molecule has 0 spiro atoms. The molecule has 2 rings (SSSR count). The molecule has 0 aliphatic rings. The topological polar surface area (TPSA) is 26.0 Å². The number of hydrogen-bond acceptors (Lipinski definition) is 1. The van der Waals surface area contributed by atoms with Gasteiger partial charge in [-0.05, 0) is 55.2 Å². The standard InChI is InChI=1S/C16H16BrF2N/c1-16(20,9-11-3-2-4-14(18)7-11)10-12-5-6-13(17)8-15(12)19/h2-8H,9-10,20H2,1H3. The summed E-state index contributed by atoms with van der Waals surface area (Å²) in [7, 11) is 0. The molecule has 0 bridgehead atoms. The average Bonchev–Trinajstić information content (AvgIpc) is 2.32. The lowest BCUT2D eigenvalue weighted by Gasteiger charge is -2.25. The summed E-state index contributed by atoms with van der Waals surface area (Å²) in [5.41, 5.74) is 6.98. The van der Waals surface area contributed by atoms with Crippen LogP contribution in [0.25, 0.3) is 0 Å². The Morgan fingerprint density at radius 3 is 2.50 bits per heavy atom. The molecule has 1 atom stereocenters. The molecule has 0 aliphatic heterocycles. The molecule has 2 aromatic carbocycles. The van der Waals surface area contributed by atoms with Gasteiger partial charge in [-0.2, -0.15) is 0 Å². The monoisotopic (exact) mass is 339 g/mol. The normalized spacial score (nSPS) is 14.1. The second-order valence-electron chi connectivity index (χ2n) is 5.37. The van der Waals surface area contributed by atoms with Gasteiger partial charge in [0.15, 0.2) is 0 Å². The van der Waals surface area contributed by atoms with E-state index in [1.54, 1.807) is 18.2 Å². The lowest BCUT2D eigenvalue weighted by atomic mass is 9.87. The fraction of sp³-hybridized carbons (Fsp3) is 0.250. The first-order valence-corrected chi connectivity index (χ1v) is 7.12. The third-order valence-corrected chi connectivity index (χ3v) is 3.60. The summed E-state index contributed by atoms with van der Waals surface area (Å²) in [6, 6.07) is 11.3. The number of halogens is 3. The molecule has 20 heavy (non-hydrogen) atoms. The maximum Gasteiger partial charge on any atom is 0.127 e. The summed E-state index contributed by atoms with van der Waals surface area (Å²) in [6.07, 6.45) is 0.878. The minimum Gasteiger partial charge on any atom is -0.325 e. The Hall–Kier alpha value is -1.26. The first kappa shape index (κ1) is 15.1. The van der Waals surface area contributed by atoms with Crippen molar-refractivity contribution in [2.75, 3.05) is 0 Å². The number of nitrogens with two attached hydrogens (primary N) is 1. The number of benzene rings is 2. The molecular formula is C16H16BrF2N. The van der Waals surface area contributed by atoms with Gasteiger partial charge in [-0.25, -0.2) is 8.78 Å². The Labute approximate surface area is 125 Å². The van der Waals surface area contributed by atoms with Gasteiger partial charge in [0.25, 0.3) is 0 Å². The molecule has 0 amide bonds. The fourth-order valence-electron chi connectivity index (χ4n) is 2.28. The molecule has 0 aromatic heterocycles. The first-order chi connectivity index (χ1) is 9.35. The van der Waals surface area contributed by atoms with Crippen LogP contribution in [0.4, 0.5) is 8.78 Å². The third kappa shape index (κ3) is 4.12. The average molecular weight is 340 g/mol. The SMILES string of the molecule is CC(N)(Cc1cccc(F)c1)Cc1ccc(Br)cc1F. The van der Waals surface area contributed by atoms with E-state index in [1.165, 1.54) is 18.2 Å². The van der Waals surface area contributed by atoms with E-state index in [9.17, 15) is 8.78 Å². The summed E-state index contributed by atoms with van der Waals surface area (Å²) in [5, 5.41) is 0. The molecule has 2 N–H and O–H groups in total. The summed E-state index contributed by atoms with van der Waals surface area (Å²) in [6.45, 7) is 1.85. The highest BCUT2D eigenvalue weighted by Crippen LogP contribution is 2.21. The van der Waals surface area contributed by atoms with Crippen molar-refractivity contribution >= 4 is 15.9 Å². The molecule has 1 nitrogen and oxygen atoms in total. The minimum atomic E-state index is -0.636. The predicted octanol–water partition coefficient (Wildman–Crippen LogP) is 4.23. The summed E-state index contributed by atoms with van der Waals surface area (Å²) < 4.78 is 27.7. The largest absolute Gasteiger partial charge is 0.325 e. The second-order valence-corrected chi connectivity index (χ2v) is 6.29. The number of hydrogen-bond donors (Lipinski definition) is 1. The van der Waals surface area contributed by atoms with Crippen molar-refractivity contribution in [3.05, 3.63) is 69.7 Å². The second kappa shape index (κ2) is 6.02. The third-order valence-electron chi connectivity index (χ3n) is 3.11. The Morgan fingerprint density at radius 2 is 1.85 bits per heavy atom. The highest BCUT2D eigenvalue weighted by atomic mass is 79.9. The predicted molar refractivity (Wildman–Crippen MR) is 80.5 cm³/mol. The van der Waals surface area contributed by atoms with E-state index < -0.39 is 5.54 Å². The minimum absolute atomic E-state index is 0.282. The van der Waals surface area contributed by atoms with E-state index in [1.807, 2.05) is 13.0 Å². The highest BCUT2D eigenvalue weighted by Gasteiger charge is 2.21. The van der Waals surface area contributed by atoms with Crippen LogP contribution in [-0.2, 0) is 12.8 Å². The van der Waals surface area contributed by atoms with Crippen LogP contribution in [0.5, 0.6) is 0 Å². The zero-order valence-electron chi connectivity index (χ0n) is 11.2. The highest BCUT2D eigenvalue weighted by molar-refractivity contribution is 9.10. The van der Waals surface area contributed by atoms with Gasteiger partial charge >= 0.3 is 0 Å². The van der Waals surface area contributed by atoms with E-state index in [2.05, 4.69) is 15.9 Å². The zero-order valence-corrected chi connectivity index (χ0v) is 12.8. The van der Waals surface area contributed by atoms with Gasteiger partial charge in [-0.15, -0.1) is 0 Å². The van der Waals surface area contributed by atoms with Crippen molar-refractivity contribution in [3.8, 4) is 0 Å². The molecule has 4 heteroatoms. The molecule has 1 unspecified atom stereocenters. The van der Waals surface area contributed by atoms with Crippen molar-refractivity contribution in [2.24, 2.45) is 5.73 Å². The Balaban J connectivity index is 2.14. The van der Waals surface area contributed by atoms with Crippen LogP contribution < -0.4 is 5.73 Å². The molecule has 0 fully saturated rings. The van der Waals surface area contributed by atoms with Crippen LogP contribution in [0.1, 0.15) is 18.1 Å². The van der Waals surface area contributed by atoms with Gasteiger partial charge in [0, 0.05) is 10.0 Å². The van der Waals surface area contributed by atoms with E-state index in [4.69, 9.17) is 5.73 Å². The maximum absolute atomic E-state index is 13.8. The van der Waals surface area contributed by atoms with Gasteiger partial charge < -0.3 is 5.73 Å². The van der Waals surface area contributed by atoms with Crippen molar-refractivity contribution in [3.63, 3.8) is 0 Å². The van der Waals surface area contributed by atoms with Crippen LogP contribution in [0.15, 0.2) is 46.9 Å². The van der Waals surface area contributed by atoms with Gasteiger partial charge in [0.05, 0.1) is 0 Å². The molecule has 2 aromatic rings. The van der Waals surface area contributed by atoms with Gasteiger partial charge in [-0.1, -0.05) is 34.1 Å². The smallest absolute Gasteiger partial charge is 0.127 e. The summed E-state index contributed by atoms with van der Waals surface area (Å²) >= 11 is 3.22. The molecule has 0 aliphatic carbocycles. The molecule has 0 heterocycles. The van der Waals surface area contributed by atoms with Gasteiger partial charge in [0.2, 0.25) is 0 Å². The van der Waals surface area contributed by atoms with Crippen LogP contribution in [0.3, 0.4) is 0 Å². The summed E-state index contributed by atoms with van der Waals surface area (Å²) in [4.78, 5) is 0. The Bertz CT molecular complexity index is 611. The van der Waals surface area contributed by atoms with Crippen molar-refractivity contribution in [1.82, 2.24) is 0 Å². The van der Waals surface area contributed by atoms with Crippen molar-refractivity contribution in [1.29, 1.82) is 0 Å². The van der Waals surface area contributed by atoms with E-state index in [0.29, 0.717) is 22.9 Å². The summed E-state index contributed by atoms with van der Waals surface area (Å²) in [5.74, 6) is -0.566. The first-order valence-electron chi connectivity index (χ1n) is 6.33. The van der Waals surface area contributed by atoms with E-state index in [0.717, 1.165) is 5.56 Å². The molecule has 0 saturated carbocycles. The zero-order chi connectivity index (χ0) is 14.8. The fourth-order valence-corrected chi connectivity index (χ4v) is 2.61. The lowest BCUT2D eigenvalue weighted by molar-refractivity contribution is 0.450. The van der Waals surface area contributed by atoms with Crippen LogP contribution in [0, 0.1) is 11.6 Å². The van der Waals surface area contributed by atoms with Crippen LogP contribution in [-0.4, -0.2) is 5.54 Å². The molecule has 106 valence electrons.